The Labute approximate surface area is 198 Å². The molecule has 2 N–H and O–H groups in total. The van der Waals surface area contributed by atoms with E-state index in [1.54, 1.807) is 17.0 Å². The monoisotopic (exact) mass is 467 g/mol. The molecule has 180 valence electrons. The second-order valence-electron chi connectivity index (χ2n) is 9.03. The van der Waals surface area contributed by atoms with E-state index in [1.165, 1.54) is 12.1 Å². The van der Waals surface area contributed by atoms with E-state index in [1.807, 2.05) is 30.3 Å². The molecule has 3 amide bonds. The molecule has 2 aromatic carbocycles. The van der Waals surface area contributed by atoms with Gasteiger partial charge in [-0.15, -0.1) is 0 Å². The van der Waals surface area contributed by atoms with Crippen molar-refractivity contribution < 1.29 is 23.5 Å². The summed E-state index contributed by atoms with van der Waals surface area (Å²) in [7, 11) is 0. The Kier molecular flexibility index (Phi) is 7.77. The van der Waals surface area contributed by atoms with E-state index in [2.05, 4.69) is 10.6 Å². The zero-order chi connectivity index (χ0) is 23.9. The molecule has 2 aliphatic rings. The van der Waals surface area contributed by atoms with E-state index in [4.69, 9.17) is 4.74 Å². The smallest absolute Gasteiger partial charge is 0.407 e. The van der Waals surface area contributed by atoms with Crippen LogP contribution in [0.3, 0.4) is 0 Å². The zero-order valence-corrected chi connectivity index (χ0v) is 19.0. The summed E-state index contributed by atoms with van der Waals surface area (Å²) in [4.78, 5) is 39.5. The average Bonchev–Trinajstić information content (AvgIpc) is 2.84. The first kappa shape index (κ1) is 23.7. The van der Waals surface area contributed by atoms with Gasteiger partial charge in [-0.05, 0) is 42.0 Å². The van der Waals surface area contributed by atoms with Crippen molar-refractivity contribution in [2.24, 2.45) is 5.92 Å². The van der Waals surface area contributed by atoms with Gasteiger partial charge < -0.3 is 20.3 Å². The Morgan fingerprint density at radius 1 is 1.03 bits per heavy atom. The minimum atomic E-state index is -0.683. The SMILES string of the molecule is O=C1CN(C[C@H]2CCCC[C@H]2NC(=O)OCc2ccccc2)C(=O)[C@H](Cc2ccc(F)cc2)N1. The summed E-state index contributed by atoms with van der Waals surface area (Å²) in [6, 6.07) is 14.6. The van der Waals surface area contributed by atoms with E-state index in [0.29, 0.717) is 13.0 Å². The number of rotatable bonds is 7. The van der Waals surface area contributed by atoms with Gasteiger partial charge in [-0.25, -0.2) is 9.18 Å². The number of benzene rings is 2. The molecule has 0 aromatic heterocycles. The summed E-state index contributed by atoms with van der Waals surface area (Å²) in [5.74, 6) is -0.670. The van der Waals surface area contributed by atoms with Crippen molar-refractivity contribution in [1.82, 2.24) is 15.5 Å². The number of hydrogen-bond donors (Lipinski definition) is 2. The molecular formula is C26H30FN3O4. The summed E-state index contributed by atoms with van der Waals surface area (Å²) in [6.07, 6.45) is 3.49. The van der Waals surface area contributed by atoms with Crippen LogP contribution in [0.1, 0.15) is 36.8 Å². The Bertz CT molecular complexity index is 999. The average molecular weight is 468 g/mol. The molecule has 7 nitrogen and oxygen atoms in total. The van der Waals surface area contributed by atoms with Crippen molar-refractivity contribution in [2.45, 2.75) is 50.8 Å². The van der Waals surface area contributed by atoms with Crippen molar-refractivity contribution in [3.63, 3.8) is 0 Å². The van der Waals surface area contributed by atoms with Crippen molar-refractivity contribution in [3.05, 3.63) is 71.5 Å². The quantitative estimate of drug-likeness (QED) is 0.655. The minimum absolute atomic E-state index is 0.000421. The van der Waals surface area contributed by atoms with Gasteiger partial charge in [0.2, 0.25) is 11.8 Å². The fourth-order valence-corrected chi connectivity index (χ4v) is 4.74. The third kappa shape index (κ3) is 6.34. The second kappa shape index (κ2) is 11.1. The van der Waals surface area contributed by atoms with Crippen LogP contribution in [-0.4, -0.2) is 48.0 Å². The Balaban J connectivity index is 1.34. The van der Waals surface area contributed by atoms with Crippen LogP contribution in [0.5, 0.6) is 0 Å². The number of piperazine rings is 1. The largest absolute Gasteiger partial charge is 0.445 e. The second-order valence-corrected chi connectivity index (χ2v) is 9.03. The lowest BCUT2D eigenvalue weighted by Crippen LogP contribution is -2.60. The molecule has 1 heterocycles. The number of nitrogens with one attached hydrogen (secondary N) is 2. The Hall–Kier alpha value is -3.42. The van der Waals surface area contributed by atoms with Crippen molar-refractivity contribution >= 4 is 17.9 Å². The lowest BCUT2D eigenvalue weighted by Gasteiger charge is -2.38. The highest BCUT2D eigenvalue weighted by Crippen LogP contribution is 2.26. The van der Waals surface area contributed by atoms with E-state index in [9.17, 15) is 18.8 Å². The van der Waals surface area contributed by atoms with Crippen molar-refractivity contribution in [3.8, 4) is 0 Å². The molecule has 1 saturated carbocycles. The Morgan fingerprint density at radius 3 is 2.53 bits per heavy atom. The van der Waals surface area contributed by atoms with Gasteiger partial charge in [0.05, 0.1) is 6.54 Å². The van der Waals surface area contributed by atoms with E-state index in [0.717, 1.165) is 36.8 Å². The number of nitrogens with zero attached hydrogens (tertiary/aromatic N) is 1. The topological polar surface area (TPSA) is 87.7 Å². The number of alkyl carbamates (subject to hydrolysis) is 1. The molecule has 3 atom stereocenters. The first-order valence-corrected chi connectivity index (χ1v) is 11.8. The maximum Gasteiger partial charge on any atom is 0.407 e. The highest BCUT2D eigenvalue weighted by molar-refractivity contribution is 5.95. The number of amides is 3. The summed E-state index contributed by atoms with van der Waals surface area (Å²) >= 11 is 0. The van der Waals surface area contributed by atoms with Crippen molar-refractivity contribution in [1.29, 1.82) is 0 Å². The van der Waals surface area contributed by atoms with Gasteiger partial charge in [0.1, 0.15) is 18.5 Å². The molecule has 1 aliphatic carbocycles. The Morgan fingerprint density at radius 2 is 1.76 bits per heavy atom. The maximum atomic E-state index is 13.2. The molecule has 4 rings (SSSR count). The van der Waals surface area contributed by atoms with Crippen LogP contribution < -0.4 is 10.6 Å². The van der Waals surface area contributed by atoms with Gasteiger partial charge in [0.15, 0.2) is 0 Å². The number of carbonyl (C=O) groups is 3. The van der Waals surface area contributed by atoms with Gasteiger partial charge in [0, 0.05) is 19.0 Å². The molecular weight excluding hydrogens is 437 g/mol. The number of ether oxygens (including phenoxy) is 1. The molecule has 0 unspecified atom stereocenters. The van der Waals surface area contributed by atoms with Gasteiger partial charge >= 0.3 is 6.09 Å². The molecule has 1 aliphatic heterocycles. The summed E-state index contributed by atoms with van der Waals surface area (Å²) < 4.78 is 18.6. The fraction of sp³-hybridized carbons (Fsp3) is 0.423. The first-order chi connectivity index (χ1) is 16.5. The normalized spacial score (nSPS) is 22.7. The van der Waals surface area contributed by atoms with Gasteiger partial charge in [-0.2, -0.15) is 0 Å². The minimum Gasteiger partial charge on any atom is -0.445 e. The third-order valence-corrected chi connectivity index (χ3v) is 6.51. The zero-order valence-electron chi connectivity index (χ0n) is 19.0. The van der Waals surface area contributed by atoms with Crippen LogP contribution >= 0.6 is 0 Å². The lowest BCUT2D eigenvalue weighted by molar-refractivity contribution is -0.145. The summed E-state index contributed by atoms with van der Waals surface area (Å²) in [5.41, 5.74) is 1.69. The van der Waals surface area contributed by atoms with E-state index < -0.39 is 12.1 Å². The summed E-state index contributed by atoms with van der Waals surface area (Å²) in [6.45, 7) is 0.593. The molecule has 0 radical (unpaired) electrons. The van der Waals surface area contributed by atoms with Gasteiger partial charge in [-0.3, -0.25) is 9.59 Å². The molecule has 0 spiro atoms. The predicted molar refractivity (Wildman–Crippen MR) is 124 cm³/mol. The third-order valence-electron chi connectivity index (χ3n) is 6.51. The molecule has 1 saturated heterocycles. The molecule has 2 fully saturated rings. The van der Waals surface area contributed by atoms with Crippen LogP contribution in [0.4, 0.5) is 9.18 Å². The molecule has 2 aromatic rings. The highest BCUT2D eigenvalue weighted by atomic mass is 19.1. The number of carbonyl (C=O) groups excluding carboxylic acids is 3. The molecule has 8 heteroatoms. The van der Waals surface area contributed by atoms with Crippen LogP contribution in [0, 0.1) is 11.7 Å². The van der Waals surface area contributed by atoms with Crippen LogP contribution in [0.15, 0.2) is 54.6 Å². The van der Waals surface area contributed by atoms with Crippen LogP contribution in [-0.2, 0) is 27.4 Å². The van der Waals surface area contributed by atoms with Crippen LogP contribution in [0.25, 0.3) is 0 Å². The van der Waals surface area contributed by atoms with E-state index in [-0.39, 0.29) is 42.7 Å². The first-order valence-electron chi connectivity index (χ1n) is 11.8. The fourth-order valence-electron chi connectivity index (χ4n) is 4.74. The predicted octanol–water partition coefficient (Wildman–Crippen LogP) is 3.18. The lowest BCUT2D eigenvalue weighted by atomic mass is 9.84. The standard InChI is InChI=1S/C26H30FN3O4/c27-21-12-10-18(11-13-21)14-23-25(32)30(16-24(31)28-23)15-20-8-4-5-9-22(20)29-26(33)34-17-19-6-2-1-3-7-19/h1-3,6-7,10-13,20,22-23H,4-5,8-9,14-17H2,(H,28,31)(H,29,33)/t20-,22-,23+/m1/s1. The highest BCUT2D eigenvalue weighted by Gasteiger charge is 2.36. The van der Waals surface area contributed by atoms with Crippen LogP contribution in [0.2, 0.25) is 0 Å². The van der Waals surface area contributed by atoms with Crippen molar-refractivity contribution in [2.75, 3.05) is 13.1 Å². The molecule has 0 bridgehead atoms. The molecule has 34 heavy (non-hydrogen) atoms. The van der Waals surface area contributed by atoms with Gasteiger partial charge in [-0.1, -0.05) is 55.3 Å². The van der Waals surface area contributed by atoms with E-state index >= 15 is 0 Å². The number of halogens is 1. The number of hydrogen-bond acceptors (Lipinski definition) is 4. The van der Waals surface area contributed by atoms with Gasteiger partial charge in [0.25, 0.3) is 0 Å². The summed E-state index contributed by atoms with van der Waals surface area (Å²) in [5, 5.41) is 5.73. The maximum absolute atomic E-state index is 13.2.